The molecule has 0 aliphatic heterocycles. The van der Waals surface area contributed by atoms with Crippen LogP contribution in [0.25, 0.3) is 0 Å². The zero-order valence-corrected chi connectivity index (χ0v) is 11.7. The van der Waals surface area contributed by atoms with Gasteiger partial charge in [0.25, 0.3) is 0 Å². The first kappa shape index (κ1) is 16.2. The van der Waals surface area contributed by atoms with E-state index >= 15 is 0 Å². The summed E-state index contributed by atoms with van der Waals surface area (Å²) in [5, 5.41) is 2.73. The molecular weight excluding hydrogens is 333 g/mol. The predicted molar refractivity (Wildman–Crippen MR) is 67.0 cm³/mol. The third kappa shape index (κ3) is 5.76. The standard InChI is InChI=1S/C12H13BrF5N/c1-7(3-2-4-12(16,17)18)19-11-5-8(13)9(14)6-10(11)15/h5-7,19H,2-4H2,1H3. The van der Waals surface area contributed by atoms with Gasteiger partial charge in [-0.3, -0.25) is 0 Å². The van der Waals surface area contributed by atoms with Crippen LogP contribution in [-0.2, 0) is 0 Å². The van der Waals surface area contributed by atoms with Gasteiger partial charge in [-0.25, -0.2) is 8.78 Å². The molecule has 1 aromatic rings. The molecule has 1 aromatic carbocycles. The quantitative estimate of drug-likeness (QED) is 0.566. The third-order valence-electron chi connectivity index (χ3n) is 2.51. The number of rotatable bonds is 5. The van der Waals surface area contributed by atoms with Crippen molar-refractivity contribution in [1.82, 2.24) is 0 Å². The topological polar surface area (TPSA) is 12.0 Å². The molecule has 0 amide bonds. The summed E-state index contributed by atoms with van der Waals surface area (Å²) in [6.45, 7) is 1.65. The summed E-state index contributed by atoms with van der Waals surface area (Å²) in [5.74, 6) is -1.50. The van der Waals surface area contributed by atoms with E-state index in [-0.39, 0.29) is 29.0 Å². The fourth-order valence-corrected chi connectivity index (χ4v) is 1.92. The SMILES string of the molecule is CC(CCCC(F)(F)F)Nc1cc(Br)c(F)cc1F. The molecule has 0 saturated heterocycles. The second kappa shape index (κ2) is 6.54. The summed E-state index contributed by atoms with van der Waals surface area (Å²) in [5.41, 5.74) is 0.0628. The van der Waals surface area contributed by atoms with E-state index in [0.29, 0.717) is 0 Å². The van der Waals surface area contributed by atoms with Gasteiger partial charge >= 0.3 is 6.18 Å². The normalized spacial score (nSPS) is 13.4. The molecule has 1 rings (SSSR count). The van der Waals surface area contributed by atoms with Crippen LogP contribution in [-0.4, -0.2) is 12.2 Å². The van der Waals surface area contributed by atoms with E-state index in [1.807, 2.05) is 0 Å². The number of hydrogen-bond donors (Lipinski definition) is 1. The number of alkyl halides is 3. The fourth-order valence-electron chi connectivity index (χ4n) is 1.58. The summed E-state index contributed by atoms with van der Waals surface area (Å²) in [7, 11) is 0. The van der Waals surface area contributed by atoms with E-state index in [2.05, 4.69) is 21.2 Å². The van der Waals surface area contributed by atoms with Crippen LogP contribution in [0.3, 0.4) is 0 Å². The van der Waals surface area contributed by atoms with Crippen molar-refractivity contribution < 1.29 is 22.0 Å². The van der Waals surface area contributed by atoms with Crippen molar-refractivity contribution in [2.24, 2.45) is 0 Å². The van der Waals surface area contributed by atoms with Gasteiger partial charge in [0.15, 0.2) is 0 Å². The Labute approximate surface area is 116 Å². The molecular formula is C12H13BrF5N. The van der Waals surface area contributed by atoms with E-state index in [0.717, 1.165) is 6.07 Å². The molecule has 1 nitrogen and oxygen atoms in total. The largest absolute Gasteiger partial charge is 0.389 e. The number of halogens is 6. The summed E-state index contributed by atoms with van der Waals surface area (Å²) in [6.07, 6.45) is -4.84. The lowest BCUT2D eigenvalue weighted by atomic mass is 10.1. The Morgan fingerprint density at radius 1 is 1.21 bits per heavy atom. The Kier molecular flexibility index (Phi) is 5.58. The van der Waals surface area contributed by atoms with Crippen molar-refractivity contribution in [3.63, 3.8) is 0 Å². The van der Waals surface area contributed by atoms with Crippen molar-refractivity contribution in [3.05, 3.63) is 28.2 Å². The van der Waals surface area contributed by atoms with Gasteiger partial charge in [-0.05, 0) is 41.8 Å². The van der Waals surface area contributed by atoms with E-state index in [1.165, 1.54) is 6.07 Å². The van der Waals surface area contributed by atoms with Crippen LogP contribution in [0.4, 0.5) is 27.6 Å². The molecule has 108 valence electrons. The summed E-state index contributed by atoms with van der Waals surface area (Å²) in [6, 6.07) is 1.61. The van der Waals surface area contributed by atoms with Crippen LogP contribution < -0.4 is 5.32 Å². The van der Waals surface area contributed by atoms with Crippen LogP contribution in [0.15, 0.2) is 16.6 Å². The van der Waals surface area contributed by atoms with E-state index in [9.17, 15) is 22.0 Å². The maximum Gasteiger partial charge on any atom is 0.389 e. The second-order valence-corrected chi connectivity index (χ2v) is 5.15. The van der Waals surface area contributed by atoms with Crippen LogP contribution in [0.1, 0.15) is 26.2 Å². The Bertz CT molecular complexity index is 433. The zero-order valence-electron chi connectivity index (χ0n) is 10.1. The predicted octanol–water partition coefficient (Wildman–Crippen LogP) is 5.26. The lowest BCUT2D eigenvalue weighted by Crippen LogP contribution is -2.17. The molecule has 7 heteroatoms. The summed E-state index contributed by atoms with van der Waals surface area (Å²) >= 11 is 2.92. The molecule has 19 heavy (non-hydrogen) atoms. The molecule has 0 aliphatic carbocycles. The maximum absolute atomic E-state index is 13.4. The van der Waals surface area contributed by atoms with Gasteiger partial charge in [-0.1, -0.05) is 0 Å². The Hall–Kier alpha value is -0.850. The molecule has 0 aromatic heterocycles. The van der Waals surface area contributed by atoms with Crippen molar-refractivity contribution in [2.75, 3.05) is 5.32 Å². The average Bonchev–Trinajstić information content (AvgIpc) is 2.24. The van der Waals surface area contributed by atoms with E-state index < -0.39 is 24.2 Å². The molecule has 0 spiro atoms. The van der Waals surface area contributed by atoms with Crippen molar-refractivity contribution in [2.45, 2.75) is 38.4 Å². The minimum absolute atomic E-state index is 0.0400. The number of benzene rings is 1. The lowest BCUT2D eigenvalue weighted by molar-refractivity contribution is -0.135. The van der Waals surface area contributed by atoms with Gasteiger partial charge in [-0.15, -0.1) is 0 Å². The highest BCUT2D eigenvalue weighted by atomic mass is 79.9. The number of hydrogen-bond acceptors (Lipinski definition) is 1. The fraction of sp³-hybridized carbons (Fsp3) is 0.500. The molecule has 0 aliphatic rings. The maximum atomic E-state index is 13.4. The van der Waals surface area contributed by atoms with Crippen LogP contribution in [0.5, 0.6) is 0 Å². The molecule has 0 bridgehead atoms. The second-order valence-electron chi connectivity index (χ2n) is 4.30. The molecule has 1 atom stereocenters. The minimum atomic E-state index is -4.18. The van der Waals surface area contributed by atoms with Gasteiger partial charge < -0.3 is 5.32 Å². The van der Waals surface area contributed by atoms with Gasteiger partial charge in [0, 0.05) is 18.5 Å². The van der Waals surface area contributed by atoms with Crippen molar-refractivity contribution >= 4 is 21.6 Å². The van der Waals surface area contributed by atoms with Gasteiger partial charge in [0.1, 0.15) is 11.6 Å². The first-order valence-electron chi connectivity index (χ1n) is 5.67. The van der Waals surface area contributed by atoms with Gasteiger partial charge in [0.2, 0.25) is 0 Å². The van der Waals surface area contributed by atoms with Crippen molar-refractivity contribution in [1.29, 1.82) is 0 Å². The minimum Gasteiger partial charge on any atom is -0.380 e. The molecule has 1 N–H and O–H groups in total. The highest BCUT2D eigenvalue weighted by Crippen LogP contribution is 2.26. The molecule has 0 saturated carbocycles. The summed E-state index contributed by atoms with van der Waals surface area (Å²) < 4.78 is 62.4. The summed E-state index contributed by atoms with van der Waals surface area (Å²) in [4.78, 5) is 0. The zero-order chi connectivity index (χ0) is 14.6. The average molecular weight is 346 g/mol. The molecule has 1 unspecified atom stereocenters. The first-order chi connectivity index (χ1) is 8.69. The Morgan fingerprint density at radius 2 is 1.84 bits per heavy atom. The Balaban J connectivity index is 2.53. The number of anilines is 1. The van der Waals surface area contributed by atoms with Crippen LogP contribution in [0, 0.1) is 11.6 Å². The van der Waals surface area contributed by atoms with Gasteiger partial charge in [0.05, 0.1) is 10.2 Å². The first-order valence-corrected chi connectivity index (χ1v) is 6.46. The van der Waals surface area contributed by atoms with E-state index in [1.54, 1.807) is 6.92 Å². The molecule has 0 radical (unpaired) electrons. The highest BCUT2D eigenvalue weighted by molar-refractivity contribution is 9.10. The Morgan fingerprint density at radius 3 is 2.42 bits per heavy atom. The smallest absolute Gasteiger partial charge is 0.380 e. The molecule has 0 heterocycles. The van der Waals surface area contributed by atoms with Crippen molar-refractivity contribution in [3.8, 4) is 0 Å². The lowest BCUT2D eigenvalue weighted by Gasteiger charge is -2.16. The van der Waals surface area contributed by atoms with Crippen LogP contribution >= 0.6 is 15.9 Å². The van der Waals surface area contributed by atoms with E-state index in [4.69, 9.17) is 0 Å². The highest BCUT2D eigenvalue weighted by Gasteiger charge is 2.26. The number of nitrogens with one attached hydrogen (secondary N) is 1. The molecule has 0 fully saturated rings. The monoisotopic (exact) mass is 345 g/mol. The van der Waals surface area contributed by atoms with Crippen LogP contribution in [0.2, 0.25) is 0 Å². The van der Waals surface area contributed by atoms with Gasteiger partial charge in [-0.2, -0.15) is 13.2 Å². The third-order valence-corrected chi connectivity index (χ3v) is 3.12.